The molecule has 0 atom stereocenters. The molecule has 0 aliphatic carbocycles. The second kappa shape index (κ2) is 6.97. The minimum atomic E-state index is -2.93. The first-order valence-corrected chi connectivity index (χ1v) is 8.00. The highest BCUT2D eigenvalue weighted by Crippen LogP contribution is 2.23. The van der Waals surface area contributed by atoms with Gasteiger partial charge in [0.2, 0.25) is 0 Å². The van der Waals surface area contributed by atoms with Gasteiger partial charge in [-0.2, -0.15) is 0 Å². The molecular weight excluding hydrogens is 274 g/mol. The van der Waals surface area contributed by atoms with E-state index in [1.165, 1.54) is 0 Å². The lowest BCUT2D eigenvalue weighted by atomic mass is 10.2. The summed E-state index contributed by atoms with van der Waals surface area (Å²) in [5.74, 6) is 0.930. The molecule has 0 saturated heterocycles. The van der Waals surface area contributed by atoms with Crippen molar-refractivity contribution in [1.29, 1.82) is 0 Å². The van der Waals surface area contributed by atoms with Crippen LogP contribution in [0, 0.1) is 0 Å². The van der Waals surface area contributed by atoms with Gasteiger partial charge in [0.1, 0.15) is 15.6 Å². The van der Waals surface area contributed by atoms with Crippen LogP contribution in [0.2, 0.25) is 5.02 Å². The average molecular weight is 292 g/mol. The summed E-state index contributed by atoms with van der Waals surface area (Å²) in [4.78, 5) is 0. The molecule has 0 fully saturated rings. The molecule has 0 aliphatic heterocycles. The van der Waals surface area contributed by atoms with Gasteiger partial charge in [-0.25, -0.2) is 8.42 Å². The molecule has 18 heavy (non-hydrogen) atoms. The van der Waals surface area contributed by atoms with E-state index in [1.807, 2.05) is 0 Å². The summed E-state index contributed by atoms with van der Waals surface area (Å²) in [5, 5.41) is 0.573. The highest BCUT2D eigenvalue weighted by atomic mass is 35.5. The zero-order valence-electron chi connectivity index (χ0n) is 10.4. The third-order valence-electron chi connectivity index (χ3n) is 2.55. The van der Waals surface area contributed by atoms with E-state index >= 15 is 0 Å². The summed E-state index contributed by atoms with van der Waals surface area (Å²) < 4.78 is 28.1. The molecule has 2 N–H and O–H groups in total. The Hall–Kier alpha value is -0.780. The van der Waals surface area contributed by atoms with Crippen LogP contribution in [0.1, 0.15) is 18.9 Å². The lowest BCUT2D eigenvalue weighted by Gasteiger charge is -2.10. The van der Waals surface area contributed by atoms with Crippen molar-refractivity contribution in [2.24, 2.45) is 5.73 Å². The van der Waals surface area contributed by atoms with Gasteiger partial charge in [0.15, 0.2) is 0 Å². The standard InChI is InChI=1S/C12H18ClNO3S/c1-2-18(15,16)7-3-6-17-12-8-11(13)5-4-10(12)9-14/h4-5,8H,2-3,6-7,9,14H2,1H3. The summed E-state index contributed by atoms with van der Waals surface area (Å²) in [6.45, 7) is 2.34. The van der Waals surface area contributed by atoms with Gasteiger partial charge in [0, 0.05) is 22.9 Å². The van der Waals surface area contributed by atoms with Crippen LogP contribution in [0.15, 0.2) is 18.2 Å². The number of halogens is 1. The molecule has 1 aromatic carbocycles. The molecule has 102 valence electrons. The molecule has 0 saturated carbocycles. The molecule has 0 unspecified atom stereocenters. The van der Waals surface area contributed by atoms with Crippen LogP contribution >= 0.6 is 11.6 Å². The molecule has 4 nitrogen and oxygen atoms in total. The van der Waals surface area contributed by atoms with Crippen molar-refractivity contribution >= 4 is 21.4 Å². The van der Waals surface area contributed by atoms with Gasteiger partial charge in [0.25, 0.3) is 0 Å². The van der Waals surface area contributed by atoms with Gasteiger partial charge in [-0.1, -0.05) is 24.6 Å². The van der Waals surface area contributed by atoms with Crippen LogP contribution in [0.3, 0.4) is 0 Å². The van der Waals surface area contributed by atoms with Crippen LogP contribution in [0.4, 0.5) is 0 Å². The number of benzene rings is 1. The van der Waals surface area contributed by atoms with E-state index in [1.54, 1.807) is 25.1 Å². The van der Waals surface area contributed by atoms with Crippen LogP contribution in [0.5, 0.6) is 5.75 Å². The fraction of sp³-hybridized carbons (Fsp3) is 0.500. The number of rotatable bonds is 7. The topological polar surface area (TPSA) is 69.4 Å². The lowest BCUT2D eigenvalue weighted by molar-refractivity contribution is 0.314. The van der Waals surface area contributed by atoms with E-state index < -0.39 is 9.84 Å². The maximum atomic E-state index is 11.3. The SMILES string of the molecule is CCS(=O)(=O)CCCOc1cc(Cl)ccc1CN. The van der Waals surface area contributed by atoms with Crippen molar-refractivity contribution in [1.82, 2.24) is 0 Å². The van der Waals surface area contributed by atoms with Crippen molar-refractivity contribution in [2.45, 2.75) is 19.9 Å². The summed E-state index contributed by atoms with van der Waals surface area (Å²) in [6, 6.07) is 5.25. The Kier molecular flexibility index (Phi) is 5.91. The van der Waals surface area contributed by atoms with E-state index in [2.05, 4.69) is 0 Å². The lowest BCUT2D eigenvalue weighted by Crippen LogP contribution is -2.12. The van der Waals surface area contributed by atoms with Gasteiger partial charge >= 0.3 is 0 Å². The zero-order chi connectivity index (χ0) is 13.6. The van der Waals surface area contributed by atoms with Gasteiger partial charge < -0.3 is 10.5 Å². The first-order valence-electron chi connectivity index (χ1n) is 5.80. The second-order valence-corrected chi connectivity index (χ2v) is 6.80. The van der Waals surface area contributed by atoms with Crippen molar-refractivity contribution in [3.05, 3.63) is 28.8 Å². The quantitative estimate of drug-likeness (QED) is 0.780. The molecule has 0 aliphatic rings. The maximum absolute atomic E-state index is 11.3. The average Bonchev–Trinajstić information content (AvgIpc) is 2.35. The minimum absolute atomic E-state index is 0.141. The van der Waals surface area contributed by atoms with Crippen LogP contribution in [-0.2, 0) is 16.4 Å². The Morgan fingerprint density at radius 3 is 2.72 bits per heavy atom. The van der Waals surface area contributed by atoms with Gasteiger partial charge in [-0.3, -0.25) is 0 Å². The number of hydrogen-bond acceptors (Lipinski definition) is 4. The molecule has 0 aromatic heterocycles. The summed E-state index contributed by atoms with van der Waals surface area (Å²) >= 11 is 5.86. The highest BCUT2D eigenvalue weighted by Gasteiger charge is 2.08. The molecule has 1 rings (SSSR count). The Morgan fingerprint density at radius 1 is 1.39 bits per heavy atom. The third-order valence-corrected chi connectivity index (χ3v) is 4.57. The number of hydrogen-bond donors (Lipinski definition) is 1. The van der Waals surface area contributed by atoms with Crippen molar-refractivity contribution in [3.8, 4) is 5.75 Å². The third kappa shape index (κ3) is 4.84. The fourth-order valence-electron chi connectivity index (χ4n) is 1.44. The van der Waals surface area contributed by atoms with Crippen LogP contribution < -0.4 is 10.5 Å². The Balaban J connectivity index is 2.51. The van der Waals surface area contributed by atoms with Gasteiger partial charge in [0.05, 0.1) is 12.4 Å². The van der Waals surface area contributed by atoms with Crippen molar-refractivity contribution in [3.63, 3.8) is 0 Å². The van der Waals surface area contributed by atoms with Crippen molar-refractivity contribution < 1.29 is 13.2 Å². The molecule has 0 spiro atoms. The highest BCUT2D eigenvalue weighted by molar-refractivity contribution is 7.91. The monoisotopic (exact) mass is 291 g/mol. The van der Waals surface area contributed by atoms with E-state index in [0.717, 1.165) is 5.56 Å². The Labute approximate surface area is 113 Å². The maximum Gasteiger partial charge on any atom is 0.150 e. The normalized spacial score (nSPS) is 11.5. The summed E-state index contributed by atoms with van der Waals surface area (Å²) in [5.41, 5.74) is 6.44. The fourth-order valence-corrected chi connectivity index (χ4v) is 2.45. The smallest absolute Gasteiger partial charge is 0.150 e. The molecule has 0 heterocycles. The van der Waals surface area contributed by atoms with Crippen LogP contribution in [-0.4, -0.2) is 26.5 Å². The largest absolute Gasteiger partial charge is 0.493 e. The van der Waals surface area contributed by atoms with Gasteiger partial charge in [-0.05, 0) is 18.6 Å². The molecule has 1 aromatic rings. The van der Waals surface area contributed by atoms with E-state index in [4.69, 9.17) is 22.1 Å². The number of sulfone groups is 1. The molecule has 6 heteroatoms. The van der Waals surface area contributed by atoms with E-state index in [-0.39, 0.29) is 11.5 Å². The second-order valence-electron chi connectivity index (χ2n) is 3.89. The predicted octanol–water partition coefficient (Wildman–Crippen LogP) is 2.00. The molecule has 0 bridgehead atoms. The first-order chi connectivity index (χ1) is 8.48. The summed E-state index contributed by atoms with van der Waals surface area (Å²) in [6.07, 6.45) is 0.465. The van der Waals surface area contributed by atoms with E-state index in [0.29, 0.717) is 30.3 Å². The molecular formula is C12H18ClNO3S. The zero-order valence-corrected chi connectivity index (χ0v) is 11.9. The van der Waals surface area contributed by atoms with Crippen molar-refractivity contribution in [2.75, 3.05) is 18.1 Å². The number of nitrogens with two attached hydrogens (primary N) is 1. The summed E-state index contributed by atoms with van der Waals surface area (Å²) in [7, 11) is -2.93. The van der Waals surface area contributed by atoms with Crippen LogP contribution in [0.25, 0.3) is 0 Å². The Bertz CT molecular complexity index is 488. The predicted molar refractivity (Wildman–Crippen MR) is 73.8 cm³/mol. The minimum Gasteiger partial charge on any atom is -0.493 e. The van der Waals surface area contributed by atoms with Gasteiger partial charge in [-0.15, -0.1) is 0 Å². The number of ether oxygens (including phenoxy) is 1. The first kappa shape index (κ1) is 15.3. The molecule has 0 radical (unpaired) electrons. The van der Waals surface area contributed by atoms with E-state index in [9.17, 15) is 8.42 Å². The molecule has 0 amide bonds. The Morgan fingerprint density at radius 2 is 2.11 bits per heavy atom.